The van der Waals surface area contributed by atoms with Gasteiger partial charge >= 0.3 is 0 Å². The number of hydrogen-bond donors (Lipinski definition) is 2. The Kier molecular flexibility index (Phi) is 4.06. The van der Waals surface area contributed by atoms with Crippen LogP contribution in [0.1, 0.15) is 16.7 Å². The van der Waals surface area contributed by atoms with Crippen molar-refractivity contribution in [1.82, 2.24) is 9.71 Å². The summed E-state index contributed by atoms with van der Waals surface area (Å²) in [6.07, 6.45) is 3.26. The third kappa shape index (κ3) is 2.97. The summed E-state index contributed by atoms with van der Waals surface area (Å²) in [5.74, 6) is 0. The van der Waals surface area contributed by atoms with E-state index in [0.29, 0.717) is 11.3 Å². The number of hydrogen-bond acceptors (Lipinski definition) is 4. The van der Waals surface area contributed by atoms with E-state index >= 15 is 0 Å². The van der Waals surface area contributed by atoms with E-state index in [-0.39, 0.29) is 11.4 Å². The number of pyridine rings is 1. The Morgan fingerprint density at radius 1 is 1.20 bits per heavy atom. The number of aryl methyl sites for hydroxylation is 2. The van der Waals surface area contributed by atoms with Gasteiger partial charge in [0.05, 0.1) is 5.69 Å². The normalized spacial score (nSPS) is 11.5. The molecule has 0 fully saturated rings. The van der Waals surface area contributed by atoms with Crippen LogP contribution in [0.3, 0.4) is 0 Å². The van der Waals surface area contributed by atoms with Gasteiger partial charge in [-0.1, -0.05) is 18.2 Å². The van der Waals surface area contributed by atoms with Crippen molar-refractivity contribution in [2.75, 3.05) is 5.73 Å². The van der Waals surface area contributed by atoms with Crippen LogP contribution < -0.4 is 10.5 Å². The van der Waals surface area contributed by atoms with E-state index in [1.54, 1.807) is 38.4 Å². The molecule has 0 saturated heterocycles. The molecule has 1 aromatic carbocycles. The molecule has 0 atom stereocenters. The highest BCUT2D eigenvalue weighted by atomic mass is 32.2. The van der Waals surface area contributed by atoms with E-state index in [9.17, 15) is 8.42 Å². The Hall–Kier alpha value is -1.92. The fourth-order valence-electron chi connectivity index (χ4n) is 1.92. The lowest BCUT2D eigenvalue weighted by Crippen LogP contribution is -2.25. The number of sulfonamides is 1. The number of rotatable bonds is 4. The molecular formula is C14H17N3O2S. The first-order valence-corrected chi connectivity index (χ1v) is 7.64. The first kappa shape index (κ1) is 14.5. The fourth-order valence-corrected chi connectivity index (χ4v) is 3.36. The molecule has 0 bridgehead atoms. The summed E-state index contributed by atoms with van der Waals surface area (Å²) in [6, 6.07) is 7.13. The Morgan fingerprint density at radius 3 is 2.55 bits per heavy atom. The van der Waals surface area contributed by atoms with Gasteiger partial charge in [0.2, 0.25) is 10.0 Å². The monoisotopic (exact) mass is 291 g/mol. The maximum absolute atomic E-state index is 12.4. The molecule has 106 valence electrons. The molecule has 6 heteroatoms. The van der Waals surface area contributed by atoms with Gasteiger partial charge in [0.25, 0.3) is 0 Å². The standard InChI is InChI=1S/C14H17N3O2S/c1-10-5-6-11(2)14(13(10)15)20(18,19)17-9-12-4-3-7-16-8-12/h3-8,17H,9,15H2,1-2H3. The number of nitrogens with two attached hydrogens (primary N) is 1. The molecule has 0 radical (unpaired) electrons. The molecule has 0 aliphatic rings. The average molecular weight is 291 g/mol. The van der Waals surface area contributed by atoms with E-state index in [2.05, 4.69) is 9.71 Å². The van der Waals surface area contributed by atoms with Gasteiger partial charge in [-0.3, -0.25) is 4.98 Å². The van der Waals surface area contributed by atoms with E-state index in [4.69, 9.17) is 5.73 Å². The second kappa shape index (κ2) is 5.60. The first-order valence-electron chi connectivity index (χ1n) is 6.16. The van der Waals surface area contributed by atoms with Crippen LogP contribution in [0.15, 0.2) is 41.6 Å². The number of nitrogens with one attached hydrogen (secondary N) is 1. The molecule has 0 unspecified atom stereocenters. The summed E-state index contributed by atoms with van der Waals surface area (Å²) in [6.45, 7) is 3.70. The van der Waals surface area contributed by atoms with Crippen LogP contribution >= 0.6 is 0 Å². The summed E-state index contributed by atoms with van der Waals surface area (Å²) in [5, 5.41) is 0. The van der Waals surface area contributed by atoms with Crippen LogP contribution in [0.4, 0.5) is 5.69 Å². The second-order valence-electron chi connectivity index (χ2n) is 4.63. The lowest BCUT2D eigenvalue weighted by Gasteiger charge is -2.13. The second-order valence-corrected chi connectivity index (χ2v) is 6.33. The summed E-state index contributed by atoms with van der Waals surface area (Å²) < 4.78 is 27.3. The third-order valence-corrected chi connectivity index (χ3v) is 4.67. The molecule has 1 aromatic heterocycles. The highest BCUT2D eigenvalue weighted by molar-refractivity contribution is 7.89. The minimum absolute atomic E-state index is 0.154. The third-order valence-electron chi connectivity index (χ3n) is 3.07. The summed E-state index contributed by atoms with van der Waals surface area (Å²) >= 11 is 0. The van der Waals surface area contributed by atoms with E-state index in [1.165, 1.54) is 0 Å². The number of anilines is 1. The molecule has 20 heavy (non-hydrogen) atoms. The minimum atomic E-state index is -3.65. The summed E-state index contributed by atoms with van der Waals surface area (Å²) in [7, 11) is -3.65. The van der Waals surface area contributed by atoms with Crippen molar-refractivity contribution < 1.29 is 8.42 Å². The van der Waals surface area contributed by atoms with Gasteiger partial charge < -0.3 is 5.73 Å². The van der Waals surface area contributed by atoms with Gasteiger partial charge in [-0.2, -0.15) is 0 Å². The number of benzene rings is 1. The lowest BCUT2D eigenvalue weighted by atomic mass is 10.1. The zero-order valence-electron chi connectivity index (χ0n) is 11.4. The zero-order valence-corrected chi connectivity index (χ0v) is 12.2. The van der Waals surface area contributed by atoms with Crippen molar-refractivity contribution in [3.8, 4) is 0 Å². The van der Waals surface area contributed by atoms with Crippen LogP contribution in [-0.2, 0) is 16.6 Å². The largest absolute Gasteiger partial charge is 0.397 e. The number of nitrogen functional groups attached to an aromatic ring is 1. The van der Waals surface area contributed by atoms with Crippen molar-refractivity contribution in [2.24, 2.45) is 0 Å². The van der Waals surface area contributed by atoms with Gasteiger partial charge in [0.1, 0.15) is 4.90 Å². The smallest absolute Gasteiger partial charge is 0.243 e. The topological polar surface area (TPSA) is 85.1 Å². The van der Waals surface area contributed by atoms with Gasteiger partial charge in [-0.05, 0) is 36.6 Å². The quantitative estimate of drug-likeness (QED) is 0.841. The zero-order chi connectivity index (χ0) is 14.8. The van der Waals surface area contributed by atoms with Crippen LogP contribution in [0.2, 0.25) is 0 Å². The SMILES string of the molecule is Cc1ccc(C)c(S(=O)(=O)NCc2cccnc2)c1N. The van der Waals surface area contributed by atoms with Crippen molar-refractivity contribution in [3.63, 3.8) is 0 Å². The predicted molar refractivity (Wildman–Crippen MR) is 78.6 cm³/mol. The molecule has 0 aliphatic heterocycles. The molecule has 3 N–H and O–H groups in total. The van der Waals surface area contributed by atoms with E-state index < -0.39 is 10.0 Å². The van der Waals surface area contributed by atoms with Crippen LogP contribution in [-0.4, -0.2) is 13.4 Å². The average Bonchev–Trinajstić information content (AvgIpc) is 2.42. The predicted octanol–water partition coefficient (Wildman–Crippen LogP) is 1.76. The maximum atomic E-state index is 12.4. The molecule has 5 nitrogen and oxygen atoms in total. The van der Waals surface area contributed by atoms with Gasteiger partial charge in [0.15, 0.2) is 0 Å². The Balaban J connectivity index is 2.30. The van der Waals surface area contributed by atoms with Crippen molar-refractivity contribution in [1.29, 1.82) is 0 Å². The number of aromatic nitrogens is 1. The molecule has 1 heterocycles. The lowest BCUT2D eigenvalue weighted by molar-refractivity contribution is 0.581. The molecule has 0 saturated carbocycles. The molecule has 2 rings (SSSR count). The Labute approximate surface area is 118 Å². The van der Waals surface area contributed by atoms with Gasteiger partial charge in [-0.25, -0.2) is 13.1 Å². The minimum Gasteiger partial charge on any atom is -0.397 e. The van der Waals surface area contributed by atoms with Gasteiger partial charge in [0, 0.05) is 18.9 Å². The Morgan fingerprint density at radius 2 is 1.90 bits per heavy atom. The first-order chi connectivity index (χ1) is 9.42. The summed E-state index contributed by atoms with van der Waals surface area (Å²) in [5.41, 5.74) is 8.37. The Bertz CT molecular complexity index is 713. The molecule has 0 amide bonds. The molecule has 2 aromatic rings. The highest BCUT2D eigenvalue weighted by Crippen LogP contribution is 2.25. The van der Waals surface area contributed by atoms with E-state index in [0.717, 1.165) is 11.1 Å². The van der Waals surface area contributed by atoms with Crippen LogP contribution in [0.5, 0.6) is 0 Å². The number of nitrogens with zero attached hydrogens (tertiary/aromatic N) is 1. The summed E-state index contributed by atoms with van der Waals surface area (Å²) in [4.78, 5) is 4.10. The van der Waals surface area contributed by atoms with Gasteiger partial charge in [-0.15, -0.1) is 0 Å². The van der Waals surface area contributed by atoms with E-state index in [1.807, 2.05) is 12.1 Å². The fraction of sp³-hybridized carbons (Fsp3) is 0.214. The van der Waals surface area contributed by atoms with Crippen molar-refractivity contribution in [2.45, 2.75) is 25.3 Å². The molecular weight excluding hydrogens is 274 g/mol. The highest BCUT2D eigenvalue weighted by Gasteiger charge is 2.20. The van der Waals surface area contributed by atoms with Crippen LogP contribution in [0.25, 0.3) is 0 Å². The molecule has 0 aliphatic carbocycles. The van der Waals surface area contributed by atoms with Crippen molar-refractivity contribution >= 4 is 15.7 Å². The molecule has 0 spiro atoms. The van der Waals surface area contributed by atoms with Crippen LogP contribution in [0, 0.1) is 13.8 Å². The maximum Gasteiger partial charge on any atom is 0.243 e. The van der Waals surface area contributed by atoms with Crippen molar-refractivity contribution in [3.05, 3.63) is 53.3 Å².